The fourth-order valence-electron chi connectivity index (χ4n) is 2.62. The lowest BCUT2D eigenvalue weighted by molar-refractivity contribution is 0.306. The van der Waals surface area contributed by atoms with Crippen LogP contribution in [0, 0.1) is 0 Å². The van der Waals surface area contributed by atoms with Gasteiger partial charge in [0.25, 0.3) is 0 Å². The van der Waals surface area contributed by atoms with Crippen LogP contribution in [0.15, 0.2) is 53.5 Å². The van der Waals surface area contributed by atoms with E-state index in [9.17, 15) is 0 Å². The molecule has 0 heterocycles. The Hall–Kier alpha value is -1.80. The number of ether oxygens (including phenoxy) is 1. The van der Waals surface area contributed by atoms with Crippen LogP contribution >= 0.6 is 24.0 Å². The molecule has 0 spiro atoms. The van der Waals surface area contributed by atoms with E-state index < -0.39 is 0 Å². The molecule has 142 valence electrons. The van der Waals surface area contributed by atoms with Crippen molar-refractivity contribution >= 4 is 35.6 Å². The molecule has 1 unspecified atom stereocenters. The van der Waals surface area contributed by atoms with Crippen molar-refractivity contribution in [3.8, 4) is 5.75 Å². The first-order valence-corrected chi connectivity index (χ1v) is 8.49. The monoisotopic (exact) mass is 468 g/mol. The Morgan fingerprint density at radius 3 is 2.46 bits per heavy atom. The second kappa shape index (κ2) is 11.0. The number of nitrogens with one attached hydrogen (secondary N) is 1. The molecule has 0 aliphatic carbocycles. The summed E-state index contributed by atoms with van der Waals surface area (Å²) >= 11 is 0. The third-order valence-corrected chi connectivity index (χ3v) is 4.17. The zero-order valence-corrected chi connectivity index (χ0v) is 18.2. The summed E-state index contributed by atoms with van der Waals surface area (Å²) in [5.41, 5.74) is 9.48. The van der Waals surface area contributed by atoms with Gasteiger partial charge < -0.3 is 20.7 Å². The Bertz CT molecular complexity index is 701. The van der Waals surface area contributed by atoms with E-state index in [-0.39, 0.29) is 30.0 Å². The van der Waals surface area contributed by atoms with Gasteiger partial charge >= 0.3 is 0 Å². The number of aryl methyl sites for hydroxylation is 1. The van der Waals surface area contributed by atoms with Gasteiger partial charge in [-0.2, -0.15) is 0 Å². The first-order chi connectivity index (χ1) is 12.0. The molecular formula is C20H29IN4O. The zero-order chi connectivity index (χ0) is 18.2. The van der Waals surface area contributed by atoms with Gasteiger partial charge in [-0.05, 0) is 43.8 Å². The SMILES string of the molecule is CCc1ccc(C(CN=C(N)Nc2cccc(OC)c2)N(C)C)cc1.I. The molecule has 1 atom stereocenters. The van der Waals surface area contributed by atoms with E-state index >= 15 is 0 Å². The summed E-state index contributed by atoms with van der Waals surface area (Å²) in [5.74, 6) is 1.17. The van der Waals surface area contributed by atoms with Crippen LogP contribution in [0.3, 0.4) is 0 Å². The number of aliphatic imine (C=N–C) groups is 1. The van der Waals surface area contributed by atoms with Crippen molar-refractivity contribution in [2.24, 2.45) is 10.7 Å². The minimum atomic E-state index is 0. The number of halogens is 1. The summed E-state index contributed by atoms with van der Waals surface area (Å²) < 4.78 is 5.22. The number of guanidine groups is 1. The van der Waals surface area contributed by atoms with E-state index in [0.717, 1.165) is 17.9 Å². The number of rotatable bonds is 7. The van der Waals surface area contributed by atoms with Gasteiger partial charge in [0.05, 0.1) is 19.7 Å². The normalized spacial score (nSPS) is 12.4. The topological polar surface area (TPSA) is 62.9 Å². The minimum Gasteiger partial charge on any atom is -0.497 e. The molecule has 0 amide bonds. The number of benzene rings is 2. The second-order valence-corrected chi connectivity index (χ2v) is 6.16. The molecular weight excluding hydrogens is 439 g/mol. The van der Waals surface area contributed by atoms with E-state index in [2.05, 4.69) is 60.5 Å². The maximum absolute atomic E-state index is 6.05. The van der Waals surface area contributed by atoms with Crippen LogP contribution in [0.4, 0.5) is 5.69 Å². The number of hydrogen-bond donors (Lipinski definition) is 2. The lowest BCUT2D eigenvalue weighted by Gasteiger charge is -2.23. The van der Waals surface area contributed by atoms with Crippen LogP contribution in [0.25, 0.3) is 0 Å². The summed E-state index contributed by atoms with van der Waals surface area (Å²) in [5, 5.41) is 3.11. The maximum Gasteiger partial charge on any atom is 0.193 e. The van der Waals surface area contributed by atoms with E-state index in [4.69, 9.17) is 10.5 Å². The molecule has 0 radical (unpaired) electrons. The number of nitrogens with zero attached hydrogens (tertiary/aromatic N) is 2. The van der Waals surface area contributed by atoms with Gasteiger partial charge in [-0.15, -0.1) is 24.0 Å². The maximum atomic E-state index is 6.05. The van der Waals surface area contributed by atoms with Crippen molar-refractivity contribution in [3.05, 3.63) is 59.7 Å². The molecule has 0 saturated carbocycles. The van der Waals surface area contributed by atoms with Gasteiger partial charge in [0, 0.05) is 11.8 Å². The molecule has 0 aliphatic heterocycles. The lowest BCUT2D eigenvalue weighted by Crippen LogP contribution is -2.27. The standard InChI is InChI=1S/C20H28N4O.HI/c1-5-15-9-11-16(12-10-15)19(24(2)3)14-22-20(21)23-17-7-6-8-18(13-17)25-4;/h6-13,19H,5,14H2,1-4H3,(H3,21,22,23);1H. The predicted octanol–water partition coefficient (Wildman–Crippen LogP) is 3.91. The Morgan fingerprint density at radius 2 is 1.88 bits per heavy atom. The molecule has 26 heavy (non-hydrogen) atoms. The third-order valence-electron chi connectivity index (χ3n) is 4.17. The number of anilines is 1. The largest absolute Gasteiger partial charge is 0.497 e. The van der Waals surface area contributed by atoms with Gasteiger partial charge in [0.2, 0.25) is 0 Å². The molecule has 0 bridgehead atoms. The number of hydrogen-bond acceptors (Lipinski definition) is 3. The molecule has 3 N–H and O–H groups in total. The first kappa shape index (κ1) is 22.2. The zero-order valence-electron chi connectivity index (χ0n) is 15.9. The fourth-order valence-corrected chi connectivity index (χ4v) is 2.62. The van der Waals surface area contributed by atoms with Crippen molar-refractivity contribution in [1.29, 1.82) is 0 Å². The Balaban J connectivity index is 0.00000338. The Morgan fingerprint density at radius 1 is 1.19 bits per heavy atom. The van der Waals surface area contributed by atoms with E-state index in [1.807, 2.05) is 24.3 Å². The number of methoxy groups -OCH3 is 1. The molecule has 2 aromatic rings. The first-order valence-electron chi connectivity index (χ1n) is 8.49. The average molecular weight is 468 g/mol. The number of nitrogens with two attached hydrogens (primary N) is 1. The van der Waals surface area contributed by atoms with E-state index in [1.165, 1.54) is 11.1 Å². The fraction of sp³-hybridized carbons (Fsp3) is 0.350. The summed E-state index contributed by atoms with van der Waals surface area (Å²) in [6, 6.07) is 16.5. The predicted molar refractivity (Wildman–Crippen MR) is 121 cm³/mol. The summed E-state index contributed by atoms with van der Waals surface area (Å²) in [6.07, 6.45) is 1.04. The van der Waals surface area contributed by atoms with Gasteiger partial charge in [-0.25, -0.2) is 0 Å². The molecule has 0 aliphatic rings. The van der Waals surface area contributed by atoms with E-state index in [1.54, 1.807) is 7.11 Å². The van der Waals surface area contributed by atoms with Crippen LogP contribution < -0.4 is 15.8 Å². The smallest absolute Gasteiger partial charge is 0.193 e. The molecule has 0 fully saturated rings. The molecule has 6 heteroatoms. The highest BCUT2D eigenvalue weighted by Gasteiger charge is 2.13. The molecule has 0 saturated heterocycles. The van der Waals surface area contributed by atoms with Crippen molar-refractivity contribution in [2.75, 3.05) is 33.1 Å². The van der Waals surface area contributed by atoms with Crippen LogP contribution in [0.5, 0.6) is 5.75 Å². The van der Waals surface area contributed by atoms with Crippen molar-refractivity contribution in [1.82, 2.24) is 4.90 Å². The van der Waals surface area contributed by atoms with Gasteiger partial charge in [0.15, 0.2) is 5.96 Å². The highest BCUT2D eigenvalue weighted by atomic mass is 127. The molecule has 5 nitrogen and oxygen atoms in total. The van der Waals surface area contributed by atoms with E-state index in [0.29, 0.717) is 12.5 Å². The van der Waals surface area contributed by atoms with Crippen molar-refractivity contribution in [2.45, 2.75) is 19.4 Å². The van der Waals surface area contributed by atoms with Gasteiger partial charge in [0.1, 0.15) is 5.75 Å². The average Bonchev–Trinajstić information content (AvgIpc) is 2.62. The van der Waals surface area contributed by atoms with Crippen LogP contribution in [0.2, 0.25) is 0 Å². The Labute approximate surface area is 173 Å². The molecule has 2 rings (SSSR count). The second-order valence-electron chi connectivity index (χ2n) is 6.16. The quantitative estimate of drug-likeness (QED) is 0.368. The van der Waals surface area contributed by atoms with Crippen molar-refractivity contribution in [3.63, 3.8) is 0 Å². The third kappa shape index (κ3) is 6.49. The van der Waals surface area contributed by atoms with Gasteiger partial charge in [-0.1, -0.05) is 37.3 Å². The summed E-state index contributed by atoms with van der Waals surface area (Å²) in [7, 11) is 5.75. The van der Waals surface area contributed by atoms with Crippen LogP contribution in [-0.2, 0) is 6.42 Å². The van der Waals surface area contributed by atoms with Crippen LogP contribution in [-0.4, -0.2) is 38.6 Å². The van der Waals surface area contributed by atoms with Gasteiger partial charge in [-0.3, -0.25) is 4.99 Å². The Kier molecular flexibility index (Phi) is 9.43. The summed E-state index contributed by atoms with van der Waals surface area (Å²) in [6.45, 7) is 2.74. The highest BCUT2D eigenvalue weighted by molar-refractivity contribution is 14.0. The number of likely N-dealkylation sites (N-methyl/N-ethyl adjacent to an activating group) is 1. The minimum absolute atomic E-state index is 0. The van der Waals surface area contributed by atoms with Crippen LogP contribution in [0.1, 0.15) is 24.1 Å². The molecule has 0 aromatic heterocycles. The lowest BCUT2D eigenvalue weighted by atomic mass is 10.0. The van der Waals surface area contributed by atoms with Crippen molar-refractivity contribution < 1.29 is 4.74 Å². The summed E-state index contributed by atoms with van der Waals surface area (Å²) in [4.78, 5) is 6.67. The molecule has 2 aromatic carbocycles. The highest BCUT2D eigenvalue weighted by Crippen LogP contribution is 2.20.